The van der Waals surface area contributed by atoms with Crippen LogP contribution in [0.25, 0.3) is 0 Å². The van der Waals surface area contributed by atoms with Gasteiger partial charge in [-0.25, -0.2) is 4.79 Å². The summed E-state index contributed by atoms with van der Waals surface area (Å²) in [5.74, 6) is 0.493. The van der Waals surface area contributed by atoms with Crippen molar-refractivity contribution in [1.29, 1.82) is 5.26 Å². The summed E-state index contributed by atoms with van der Waals surface area (Å²) in [5.41, 5.74) is 1.19. The van der Waals surface area contributed by atoms with Gasteiger partial charge in [-0.2, -0.15) is 5.26 Å². The van der Waals surface area contributed by atoms with E-state index >= 15 is 0 Å². The van der Waals surface area contributed by atoms with Gasteiger partial charge in [-0.15, -0.1) is 0 Å². The molecule has 16 heavy (non-hydrogen) atoms. The van der Waals surface area contributed by atoms with Crippen LogP contribution < -0.4 is 4.74 Å². The smallest absolute Gasteiger partial charge is 0.410 e. The third-order valence-corrected chi connectivity index (χ3v) is 2.16. The first-order chi connectivity index (χ1) is 7.67. The van der Waals surface area contributed by atoms with Crippen LogP contribution in [-0.4, -0.2) is 24.6 Å². The van der Waals surface area contributed by atoms with Gasteiger partial charge in [0, 0.05) is 7.05 Å². The molecule has 0 fully saturated rings. The molecule has 0 aromatic heterocycles. The van der Waals surface area contributed by atoms with E-state index in [1.165, 1.54) is 17.5 Å². The zero-order valence-electron chi connectivity index (χ0n) is 9.43. The first kappa shape index (κ1) is 12.1. The molecule has 0 aliphatic heterocycles. The number of rotatable bonds is 3. The average molecular weight is 218 g/mol. The lowest BCUT2D eigenvalue weighted by atomic mass is 10.2. The van der Waals surface area contributed by atoms with E-state index in [-0.39, 0.29) is 6.54 Å². The largest absolute Gasteiger partial charge is 0.415 e. The van der Waals surface area contributed by atoms with Crippen LogP contribution in [0.15, 0.2) is 24.3 Å². The minimum absolute atomic E-state index is 0.0197. The number of carbonyl (C=O) groups excluding carboxylic acids is 1. The van der Waals surface area contributed by atoms with Gasteiger partial charge in [0.15, 0.2) is 0 Å². The Morgan fingerprint density at radius 2 is 2.06 bits per heavy atom. The van der Waals surface area contributed by atoms with Crippen molar-refractivity contribution in [2.45, 2.75) is 13.3 Å². The minimum atomic E-state index is -0.522. The molecule has 0 aliphatic rings. The lowest BCUT2D eigenvalue weighted by molar-refractivity contribution is 0.168. The molecule has 4 nitrogen and oxygen atoms in total. The first-order valence-electron chi connectivity index (χ1n) is 5.06. The Labute approximate surface area is 95.0 Å². The molecule has 4 heteroatoms. The molecule has 0 unspecified atom stereocenters. The molecule has 0 aliphatic carbocycles. The van der Waals surface area contributed by atoms with Crippen molar-refractivity contribution in [3.05, 3.63) is 29.8 Å². The molecule has 84 valence electrons. The SMILES string of the molecule is CCc1ccc(OC(=O)N(C)CC#N)cc1. The van der Waals surface area contributed by atoms with Gasteiger partial charge in [0.25, 0.3) is 0 Å². The fourth-order valence-electron chi connectivity index (χ4n) is 1.14. The van der Waals surface area contributed by atoms with Crippen LogP contribution in [0.5, 0.6) is 5.75 Å². The molecule has 1 rings (SSSR count). The first-order valence-corrected chi connectivity index (χ1v) is 5.06. The molecule has 0 radical (unpaired) electrons. The summed E-state index contributed by atoms with van der Waals surface area (Å²) in [6, 6.07) is 9.19. The summed E-state index contributed by atoms with van der Waals surface area (Å²) >= 11 is 0. The zero-order chi connectivity index (χ0) is 12.0. The topological polar surface area (TPSA) is 53.3 Å². The Morgan fingerprint density at radius 3 is 2.56 bits per heavy atom. The maximum absolute atomic E-state index is 11.4. The third-order valence-electron chi connectivity index (χ3n) is 2.16. The van der Waals surface area contributed by atoms with Gasteiger partial charge in [0.05, 0.1) is 6.07 Å². The maximum atomic E-state index is 11.4. The Balaban J connectivity index is 2.59. The molecule has 0 heterocycles. The summed E-state index contributed by atoms with van der Waals surface area (Å²) < 4.78 is 5.06. The highest BCUT2D eigenvalue weighted by molar-refractivity contribution is 5.70. The summed E-state index contributed by atoms with van der Waals surface area (Å²) in [7, 11) is 1.52. The van der Waals surface area contributed by atoms with E-state index in [0.29, 0.717) is 5.75 Å². The van der Waals surface area contributed by atoms with Crippen LogP contribution in [0.4, 0.5) is 4.79 Å². The summed E-state index contributed by atoms with van der Waals surface area (Å²) in [6.45, 7) is 2.08. The highest BCUT2D eigenvalue weighted by Crippen LogP contribution is 2.13. The van der Waals surface area contributed by atoms with Crippen molar-refractivity contribution in [3.8, 4) is 11.8 Å². The molecule has 0 spiro atoms. The van der Waals surface area contributed by atoms with Gasteiger partial charge < -0.3 is 4.74 Å². The number of amides is 1. The zero-order valence-corrected chi connectivity index (χ0v) is 9.43. The van der Waals surface area contributed by atoms with Gasteiger partial charge in [0.2, 0.25) is 0 Å². The summed E-state index contributed by atoms with van der Waals surface area (Å²) in [4.78, 5) is 12.6. The quantitative estimate of drug-likeness (QED) is 0.731. The van der Waals surface area contributed by atoms with Crippen LogP contribution in [0.2, 0.25) is 0 Å². The lowest BCUT2D eigenvalue weighted by Gasteiger charge is -2.12. The number of benzene rings is 1. The molecular weight excluding hydrogens is 204 g/mol. The van der Waals surface area contributed by atoms with Crippen molar-refractivity contribution in [3.63, 3.8) is 0 Å². The average Bonchev–Trinajstić information content (AvgIpc) is 2.30. The summed E-state index contributed by atoms with van der Waals surface area (Å²) in [6.07, 6.45) is 0.425. The van der Waals surface area contributed by atoms with Crippen molar-refractivity contribution < 1.29 is 9.53 Å². The van der Waals surface area contributed by atoms with Gasteiger partial charge in [-0.1, -0.05) is 19.1 Å². The molecule has 1 amide bonds. The number of aryl methyl sites for hydroxylation is 1. The molecule has 0 N–H and O–H groups in total. The van der Waals surface area contributed by atoms with Crippen LogP contribution in [-0.2, 0) is 6.42 Å². The number of carbonyl (C=O) groups is 1. The van der Waals surface area contributed by atoms with Crippen LogP contribution in [0.1, 0.15) is 12.5 Å². The van der Waals surface area contributed by atoms with E-state index in [9.17, 15) is 4.79 Å². The predicted molar refractivity (Wildman–Crippen MR) is 60.1 cm³/mol. The second-order valence-corrected chi connectivity index (χ2v) is 3.38. The van der Waals surface area contributed by atoms with Gasteiger partial charge in [-0.3, -0.25) is 4.90 Å². The van der Waals surface area contributed by atoms with Gasteiger partial charge in [-0.05, 0) is 24.1 Å². The molecule has 0 bridgehead atoms. The Hall–Kier alpha value is -2.02. The van der Waals surface area contributed by atoms with E-state index in [0.717, 1.165) is 6.42 Å². The fraction of sp³-hybridized carbons (Fsp3) is 0.333. The van der Waals surface area contributed by atoms with Crippen LogP contribution >= 0.6 is 0 Å². The van der Waals surface area contributed by atoms with Crippen LogP contribution in [0, 0.1) is 11.3 Å². The second-order valence-electron chi connectivity index (χ2n) is 3.38. The molecule has 0 atom stereocenters. The Kier molecular flexibility index (Phi) is 4.34. The minimum Gasteiger partial charge on any atom is -0.410 e. The molecule has 0 saturated heterocycles. The van der Waals surface area contributed by atoms with Gasteiger partial charge in [0.1, 0.15) is 12.3 Å². The number of nitrogens with zero attached hydrogens (tertiary/aromatic N) is 2. The number of nitriles is 1. The maximum Gasteiger partial charge on any atom is 0.415 e. The number of ether oxygens (including phenoxy) is 1. The molecule has 0 saturated carbocycles. The molecule has 1 aromatic carbocycles. The predicted octanol–water partition coefficient (Wildman–Crippen LogP) is 2.20. The van der Waals surface area contributed by atoms with E-state index < -0.39 is 6.09 Å². The molecular formula is C12H14N2O2. The third kappa shape index (κ3) is 3.28. The monoisotopic (exact) mass is 218 g/mol. The highest BCUT2D eigenvalue weighted by Gasteiger charge is 2.09. The highest BCUT2D eigenvalue weighted by atomic mass is 16.6. The fourth-order valence-corrected chi connectivity index (χ4v) is 1.14. The number of hydrogen-bond donors (Lipinski definition) is 0. The standard InChI is InChI=1S/C12H14N2O2/c1-3-10-4-6-11(7-5-10)16-12(15)14(2)9-8-13/h4-7H,3,9H2,1-2H3. The van der Waals surface area contributed by atoms with E-state index in [1.807, 2.05) is 18.2 Å². The van der Waals surface area contributed by atoms with Crippen molar-refractivity contribution in [2.75, 3.05) is 13.6 Å². The second kappa shape index (κ2) is 5.76. The van der Waals surface area contributed by atoms with Crippen molar-refractivity contribution >= 4 is 6.09 Å². The normalized spacial score (nSPS) is 9.31. The van der Waals surface area contributed by atoms with E-state index in [4.69, 9.17) is 10.00 Å². The van der Waals surface area contributed by atoms with Crippen molar-refractivity contribution in [1.82, 2.24) is 4.90 Å². The van der Waals surface area contributed by atoms with Crippen LogP contribution in [0.3, 0.4) is 0 Å². The Bertz CT molecular complexity index is 392. The summed E-state index contributed by atoms with van der Waals surface area (Å²) in [5, 5.41) is 8.42. The number of hydrogen-bond acceptors (Lipinski definition) is 3. The van der Waals surface area contributed by atoms with Crippen molar-refractivity contribution in [2.24, 2.45) is 0 Å². The van der Waals surface area contributed by atoms with E-state index in [1.54, 1.807) is 12.1 Å². The van der Waals surface area contributed by atoms with Gasteiger partial charge >= 0.3 is 6.09 Å². The Morgan fingerprint density at radius 1 is 1.44 bits per heavy atom. The van der Waals surface area contributed by atoms with E-state index in [2.05, 4.69) is 6.92 Å². The molecule has 1 aromatic rings. The lowest BCUT2D eigenvalue weighted by Crippen LogP contribution is -2.29.